The van der Waals surface area contributed by atoms with Gasteiger partial charge in [-0.15, -0.1) is 0 Å². The molecule has 0 saturated carbocycles. The summed E-state index contributed by atoms with van der Waals surface area (Å²) in [5.74, 6) is 2.02. The SMILES string of the molecule is CN(C)C(c1ccc(Oc2ccc(C(C(c3ccccc3)c3ccccc3)N(C)C)cc2)cc1)C(c1ccccc1)c1ccccc1. The zero-order chi connectivity index (χ0) is 32.6. The highest BCUT2D eigenvalue weighted by Crippen LogP contribution is 2.42. The molecule has 0 aliphatic carbocycles. The predicted molar refractivity (Wildman–Crippen MR) is 195 cm³/mol. The maximum absolute atomic E-state index is 6.40. The van der Waals surface area contributed by atoms with Crippen LogP contribution in [0, 0.1) is 0 Å². The summed E-state index contributed by atoms with van der Waals surface area (Å²) >= 11 is 0. The van der Waals surface area contributed by atoms with E-state index in [2.05, 4.69) is 208 Å². The van der Waals surface area contributed by atoms with Gasteiger partial charge in [0.2, 0.25) is 0 Å². The third kappa shape index (κ3) is 7.55. The topological polar surface area (TPSA) is 15.7 Å². The Morgan fingerprint density at radius 1 is 0.319 bits per heavy atom. The number of rotatable bonds is 12. The van der Waals surface area contributed by atoms with E-state index in [1.165, 1.54) is 33.4 Å². The van der Waals surface area contributed by atoms with Gasteiger partial charge in [-0.3, -0.25) is 0 Å². The van der Waals surface area contributed by atoms with Crippen molar-refractivity contribution in [3.8, 4) is 11.5 Å². The highest BCUT2D eigenvalue weighted by atomic mass is 16.5. The van der Waals surface area contributed by atoms with E-state index in [9.17, 15) is 0 Å². The van der Waals surface area contributed by atoms with Crippen LogP contribution in [0.3, 0.4) is 0 Å². The quantitative estimate of drug-likeness (QED) is 0.136. The Balaban J connectivity index is 1.24. The van der Waals surface area contributed by atoms with Crippen LogP contribution in [0.15, 0.2) is 170 Å². The molecular weight excluding hydrogens is 572 g/mol. The van der Waals surface area contributed by atoms with Gasteiger partial charge < -0.3 is 14.5 Å². The Morgan fingerprint density at radius 2 is 0.574 bits per heavy atom. The predicted octanol–water partition coefficient (Wildman–Crippen LogP) is 10.3. The van der Waals surface area contributed by atoms with Crippen molar-refractivity contribution >= 4 is 0 Å². The fourth-order valence-corrected chi connectivity index (χ4v) is 6.94. The smallest absolute Gasteiger partial charge is 0.127 e. The summed E-state index contributed by atoms with van der Waals surface area (Å²) in [6, 6.07) is 60.8. The van der Waals surface area contributed by atoms with Gasteiger partial charge in [0.1, 0.15) is 11.5 Å². The minimum absolute atomic E-state index is 0.151. The average molecular weight is 617 g/mol. The lowest BCUT2D eigenvalue weighted by atomic mass is 9.81. The van der Waals surface area contributed by atoms with E-state index in [-0.39, 0.29) is 23.9 Å². The van der Waals surface area contributed by atoms with Crippen molar-refractivity contribution in [2.24, 2.45) is 0 Å². The van der Waals surface area contributed by atoms with Crippen molar-refractivity contribution in [2.75, 3.05) is 28.2 Å². The van der Waals surface area contributed by atoms with Gasteiger partial charge in [-0.05, 0) is 85.8 Å². The van der Waals surface area contributed by atoms with Crippen molar-refractivity contribution in [1.29, 1.82) is 0 Å². The van der Waals surface area contributed by atoms with Gasteiger partial charge in [-0.1, -0.05) is 146 Å². The van der Waals surface area contributed by atoms with Gasteiger partial charge in [0.05, 0.1) is 0 Å². The minimum Gasteiger partial charge on any atom is -0.457 e. The summed E-state index contributed by atoms with van der Waals surface area (Å²) in [6.07, 6.45) is 0. The maximum Gasteiger partial charge on any atom is 0.127 e. The van der Waals surface area contributed by atoms with Crippen molar-refractivity contribution in [2.45, 2.75) is 23.9 Å². The molecule has 6 aromatic carbocycles. The molecule has 47 heavy (non-hydrogen) atoms. The Bertz CT molecular complexity index is 1570. The molecule has 6 rings (SSSR count). The zero-order valence-electron chi connectivity index (χ0n) is 27.8. The van der Waals surface area contributed by atoms with Gasteiger partial charge in [0, 0.05) is 23.9 Å². The Labute approximate surface area is 280 Å². The molecule has 0 bridgehead atoms. The van der Waals surface area contributed by atoms with Gasteiger partial charge in [-0.2, -0.15) is 0 Å². The molecule has 3 heteroatoms. The van der Waals surface area contributed by atoms with Gasteiger partial charge in [0.25, 0.3) is 0 Å². The molecule has 0 aliphatic rings. The van der Waals surface area contributed by atoms with E-state index < -0.39 is 0 Å². The van der Waals surface area contributed by atoms with Crippen LogP contribution in [0.25, 0.3) is 0 Å². The lowest BCUT2D eigenvalue weighted by molar-refractivity contribution is 0.274. The largest absolute Gasteiger partial charge is 0.457 e. The molecular formula is C44H44N2O. The van der Waals surface area contributed by atoms with E-state index in [0.717, 1.165) is 11.5 Å². The van der Waals surface area contributed by atoms with E-state index in [0.29, 0.717) is 0 Å². The number of hydrogen-bond acceptors (Lipinski definition) is 3. The first-order valence-corrected chi connectivity index (χ1v) is 16.4. The number of hydrogen-bond donors (Lipinski definition) is 0. The molecule has 3 nitrogen and oxygen atoms in total. The molecule has 0 radical (unpaired) electrons. The van der Waals surface area contributed by atoms with Crippen LogP contribution in [-0.2, 0) is 0 Å². The van der Waals surface area contributed by atoms with E-state index in [1.807, 2.05) is 0 Å². The normalized spacial score (nSPS) is 12.9. The molecule has 2 atom stereocenters. The molecule has 0 N–H and O–H groups in total. The van der Waals surface area contributed by atoms with E-state index >= 15 is 0 Å². The van der Waals surface area contributed by atoms with Crippen LogP contribution in [-0.4, -0.2) is 38.0 Å². The van der Waals surface area contributed by atoms with Crippen molar-refractivity contribution in [3.63, 3.8) is 0 Å². The summed E-state index contributed by atoms with van der Waals surface area (Å²) in [7, 11) is 8.65. The number of benzene rings is 6. The zero-order valence-corrected chi connectivity index (χ0v) is 27.8. The molecule has 0 spiro atoms. The molecule has 0 aromatic heterocycles. The van der Waals surface area contributed by atoms with Crippen LogP contribution >= 0.6 is 0 Å². The fraction of sp³-hybridized carbons (Fsp3) is 0.182. The monoisotopic (exact) mass is 616 g/mol. The van der Waals surface area contributed by atoms with Crippen LogP contribution in [0.2, 0.25) is 0 Å². The molecule has 0 saturated heterocycles. The molecule has 0 heterocycles. The Kier molecular flexibility index (Phi) is 10.3. The maximum atomic E-state index is 6.40. The lowest BCUT2D eigenvalue weighted by Crippen LogP contribution is -2.27. The second-order valence-electron chi connectivity index (χ2n) is 12.7. The highest BCUT2D eigenvalue weighted by molar-refractivity contribution is 5.43. The third-order valence-electron chi connectivity index (χ3n) is 9.06. The van der Waals surface area contributed by atoms with Gasteiger partial charge >= 0.3 is 0 Å². The Morgan fingerprint density at radius 3 is 0.809 bits per heavy atom. The standard InChI is InChI=1S/C44H44N2O/c1-45(2)43(41(33-17-9-5-10-18-33)34-19-11-6-12-20-34)37-25-29-39(30-26-37)47-40-31-27-38(28-32-40)44(46(3)4)42(35-21-13-7-14-22-35)36-23-15-8-16-24-36/h5-32,41-44H,1-4H3. The van der Waals surface area contributed by atoms with Crippen LogP contribution in [0.5, 0.6) is 11.5 Å². The summed E-state index contributed by atoms with van der Waals surface area (Å²) in [6.45, 7) is 0. The van der Waals surface area contributed by atoms with Crippen LogP contribution in [0.4, 0.5) is 0 Å². The Hall–Kier alpha value is -4.96. The average Bonchev–Trinajstić information content (AvgIpc) is 3.11. The summed E-state index contributed by atoms with van der Waals surface area (Å²) < 4.78 is 6.40. The van der Waals surface area contributed by atoms with Gasteiger partial charge in [-0.25, -0.2) is 0 Å². The molecule has 2 unspecified atom stereocenters. The number of likely N-dealkylation sites (N-methyl/N-ethyl adjacent to an activating group) is 2. The first-order valence-electron chi connectivity index (χ1n) is 16.4. The number of ether oxygens (including phenoxy) is 1. The molecule has 0 amide bonds. The fourth-order valence-electron chi connectivity index (χ4n) is 6.94. The molecule has 236 valence electrons. The van der Waals surface area contributed by atoms with Gasteiger partial charge in [0.15, 0.2) is 0 Å². The minimum atomic E-state index is 0.151. The van der Waals surface area contributed by atoms with Crippen molar-refractivity contribution in [1.82, 2.24) is 9.80 Å². The van der Waals surface area contributed by atoms with Crippen molar-refractivity contribution < 1.29 is 4.74 Å². The summed E-state index contributed by atoms with van der Waals surface area (Å²) in [5, 5.41) is 0. The first-order chi connectivity index (χ1) is 23.0. The lowest BCUT2D eigenvalue weighted by Gasteiger charge is -2.34. The summed E-state index contributed by atoms with van der Waals surface area (Å²) in [4.78, 5) is 4.64. The first kappa shape index (κ1) is 32.0. The molecule has 0 aliphatic heterocycles. The highest BCUT2D eigenvalue weighted by Gasteiger charge is 2.29. The second-order valence-corrected chi connectivity index (χ2v) is 12.7. The van der Waals surface area contributed by atoms with Crippen LogP contribution < -0.4 is 4.74 Å². The van der Waals surface area contributed by atoms with E-state index in [4.69, 9.17) is 4.74 Å². The second kappa shape index (κ2) is 15.1. The van der Waals surface area contributed by atoms with E-state index in [1.54, 1.807) is 0 Å². The summed E-state index contributed by atoms with van der Waals surface area (Å²) in [5.41, 5.74) is 7.70. The third-order valence-corrected chi connectivity index (χ3v) is 9.06. The van der Waals surface area contributed by atoms with Crippen molar-refractivity contribution in [3.05, 3.63) is 203 Å². The number of nitrogens with zero attached hydrogens (tertiary/aromatic N) is 2. The molecule has 0 fully saturated rings. The van der Waals surface area contributed by atoms with Crippen LogP contribution in [0.1, 0.15) is 57.3 Å². The molecule has 6 aromatic rings.